The maximum absolute atomic E-state index is 12.4. The zero-order valence-electron chi connectivity index (χ0n) is 12.3. The van der Waals surface area contributed by atoms with E-state index in [4.69, 9.17) is 4.74 Å². The van der Waals surface area contributed by atoms with E-state index < -0.39 is 11.6 Å². The predicted octanol–water partition coefficient (Wildman–Crippen LogP) is 3.36. The molecule has 23 heavy (non-hydrogen) atoms. The lowest BCUT2D eigenvalue weighted by Crippen LogP contribution is -2.42. The summed E-state index contributed by atoms with van der Waals surface area (Å²) in [5, 5.41) is 4.17. The van der Waals surface area contributed by atoms with Crippen molar-refractivity contribution in [1.82, 2.24) is 14.6 Å². The van der Waals surface area contributed by atoms with Gasteiger partial charge in [0, 0.05) is 6.20 Å². The number of cyclic esters (lactones) is 1. The maximum Gasteiger partial charge on any atom is 0.416 e. The molecule has 0 spiro atoms. The summed E-state index contributed by atoms with van der Waals surface area (Å²) < 4.78 is 7.75. The molecule has 0 unspecified atom stereocenters. The van der Waals surface area contributed by atoms with Crippen LogP contribution in [0.2, 0.25) is 0 Å². The summed E-state index contributed by atoms with van der Waals surface area (Å²) in [5.41, 5.74) is 1.05. The summed E-state index contributed by atoms with van der Waals surface area (Å²) >= 11 is 3.42. The second-order valence-corrected chi connectivity index (χ2v) is 6.43. The number of carbonyl (C=O) groups excluding carboxylic acids is 1. The van der Waals surface area contributed by atoms with Crippen LogP contribution in [0.1, 0.15) is 12.5 Å². The van der Waals surface area contributed by atoms with E-state index >= 15 is 0 Å². The minimum absolute atomic E-state index is 0.281. The van der Waals surface area contributed by atoms with Crippen LogP contribution in [0.3, 0.4) is 0 Å². The quantitative estimate of drug-likeness (QED) is 0.691. The molecular formula is C16H13BrN4O2. The fraction of sp³-hybridized carbons (Fsp3) is 0.188. The molecule has 116 valence electrons. The number of benzene rings is 1. The lowest BCUT2D eigenvalue weighted by molar-refractivity contribution is 0.174. The third kappa shape index (κ3) is 2.11. The Morgan fingerprint density at radius 1 is 1.26 bits per heavy atom. The van der Waals surface area contributed by atoms with Gasteiger partial charge in [0.25, 0.3) is 0 Å². The van der Waals surface area contributed by atoms with Crippen molar-refractivity contribution < 1.29 is 9.53 Å². The number of aromatic nitrogens is 3. The minimum atomic E-state index is -0.601. The Morgan fingerprint density at radius 3 is 2.83 bits per heavy atom. The van der Waals surface area contributed by atoms with Crippen molar-refractivity contribution in [2.75, 3.05) is 11.5 Å². The molecular weight excluding hydrogens is 360 g/mol. The van der Waals surface area contributed by atoms with Gasteiger partial charge in [-0.05, 0) is 34.5 Å². The van der Waals surface area contributed by atoms with E-state index in [-0.39, 0.29) is 6.61 Å². The molecule has 0 radical (unpaired) electrons. The SMILES string of the molecule is C[C@]1(c2ccccc2)COC(=O)N1c1ccn2ncc(Br)c2n1. The summed E-state index contributed by atoms with van der Waals surface area (Å²) in [4.78, 5) is 18.5. The Balaban J connectivity index is 1.86. The van der Waals surface area contributed by atoms with Gasteiger partial charge in [-0.15, -0.1) is 0 Å². The summed E-state index contributed by atoms with van der Waals surface area (Å²) in [6.45, 7) is 2.26. The largest absolute Gasteiger partial charge is 0.446 e. The van der Waals surface area contributed by atoms with Gasteiger partial charge in [-0.1, -0.05) is 30.3 Å². The van der Waals surface area contributed by atoms with Crippen LogP contribution >= 0.6 is 15.9 Å². The Labute approximate surface area is 140 Å². The topological polar surface area (TPSA) is 59.7 Å². The number of hydrogen-bond donors (Lipinski definition) is 0. The van der Waals surface area contributed by atoms with Crippen molar-refractivity contribution in [2.45, 2.75) is 12.5 Å². The van der Waals surface area contributed by atoms with Gasteiger partial charge in [-0.25, -0.2) is 19.2 Å². The van der Waals surface area contributed by atoms with Crippen LogP contribution in [-0.2, 0) is 10.3 Å². The number of carbonyl (C=O) groups is 1. The Kier molecular flexibility index (Phi) is 3.12. The van der Waals surface area contributed by atoms with E-state index in [1.54, 1.807) is 27.9 Å². The molecule has 0 N–H and O–H groups in total. The van der Waals surface area contributed by atoms with Crippen molar-refractivity contribution >= 4 is 33.5 Å². The molecule has 4 rings (SSSR count). The first-order chi connectivity index (χ1) is 11.1. The van der Waals surface area contributed by atoms with Gasteiger partial charge in [0.1, 0.15) is 18.0 Å². The Hall–Kier alpha value is -2.41. The number of anilines is 1. The second kappa shape index (κ2) is 5.06. The van der Waals surface area contributed by atoms with Gasteiger partial charge in [-0.3, -0.25) is 0 Å². The molecule has 2 aromatic heterocycles. The van der Waals surface area contributed by atoms with Crippen LogP contribution in [0.4, 0.5) is 10.6 Å². The van der Waals surface area contributed by atoms with E-state index in [0.29, 0.717) is 11.5 Å². The molecule has 0 aliphatic carbocycles. The lowest BCUT2D eigenvalue weighted by Gasteiger charge is -2.31. The van der Waals surface area contributed by atoms with E-state index in [0.717, 1.165) is 10.0 Å². The fourth-order valence-electron chi connectivity index (χ4n) is 2.84. The van der Waals surface area contributed by atoms with Crippen LogP contribution in [0.25, 0.3) is 5.65 Å². The van der Waals surface area contributed by atoms with Crippen LogP contribution in [-0.4, -0.2) is 27.3 Å². The molecule has 0 saturated carbocycles. The molecule has 6 nitrogen and oxygen atoms in total. The molecule has 3 heterocycles. The normalized spacial score (nSPS) is 21.0. The van der Waals surface area contributed by atoms with Crippen molar-refractivity contribution in [3.05, 3.63) is 58.8 Å². The summed E-state index contributed by atoms with van der Waals surface area (Å²) in [6, 6.07) is 11.6. The van der Waals surface area contributed by atoms with E-state index in [9.17, 15) is 4.79 Å². The standard InChI is InChI=1S/C16H13BrN4O2/c1-16(11-5-3-2-4-6-11)10-23-15(22)21(16)13-7-8-20-14(19-13)12(17)9-18-20/h2-9H,10H2,1H3/t16-/m1/s1. The molecule has 1 amide bonds. The van der Waals surface area contributed by atoms with Crippen LogP contribution in [0, 0.1) is 0 Å². The van der Waals surface area contributed by atoms with Crippen LogP contribution in [0.5, 0.6) is 0 Å². The second-order valence-electron chi connectivity index (χ2n) is 5.58. The molecule has 7 heteroatoms. The van der Waals surface area contributed by atoms with E-state index in [1.807, 2.05) is 37.3 Å². The Morgan fingerprint density at radius 2 is 2.04 bits per heavy atom. The maximum atomic E-state index is 12.4. The van der Waals surface area contributed by atoms with Gasteiger partial charge < -0.3 is 4.74 Å². The predicted molar refractivity (Wildman–Crippen MR) is 88.3 cm³/mol. The molecule has 1 saturated heterocycles. The highest BCUT2D eigenvalue weighted by atomic mass is 79.9. The van der Waals surface area contributed by atoms with Crippen LogP contribution < -0.4 is 4.90 Å². The van der Waals surface area contributed by atoms with Gasteiger partial charge in [0.2, 0.25) is 0 Å². The smallest absolute Gasteiger partial charge is 0.416 e. The summed E-state index contributed by atoms with van der Waals surface area (Å²) in [6.07, 6.45) is 3.05. The Bertz CT molecular complexity index is 895. The zero-order valence-corrected chi connectivity index (χ0v) is 13.9. The van der Waals surface area contributed by atoms with Gasteiger partial charge in [-0.2, -0.15) is 5.10 Å². The highest BCUT2D eigenvalue weighted by Gasteiger charge is 2.46. The zero-order chi connectivity index (χ0) is 16.0. The molecule has 0 bridgehead atoms. The van der Waals surface area contributed by atoms with Crippen molar-refractivity contribution in [3.8, 4) is 0 Å². The molecule has 3 aromatic rings. The third-order valence-electron chi connectivity index (χ3n) is 4.09. The average Bonchev–Trinajstić information content (AvgIpc) is 3.09. The van der Waals surface area contributed by atoms with Gasteiger partial charge in [0.15, 0.2) is 5.65 Å². The van der Waals surface area contributed by atoms with E-state index in [1.165, 1.54) is 0 Å². The number of rotatable bonds is 2. The molecule has 1 aromatic carbocycles. The first kappa shape index (κ1) is 14.2. The number of nitrogens with zero attached hydrogens (tertiary/aromatic N) is 4. The lowest BCUT2D eigenvalue weighted by atomic mass is 9.92. The highest BCUT2D eigenvalue weighted by molar-refractivity contribution is 9.10. The minimum Gasteiger partial charge on any atom is -0.446 e. The van der Waals surface area contributed by atoms with Crippen molar-refractivity contribution in [3.63, 3.8) is 0 Å². The number of amides is 1. The third-order valence-corrected chi connectivity index (χ3v) is 4.65. The van der Waals surface area contributed by atoms with Crippen molar-refractivity contribution in [2.24, 2.45) is 0 Å². The number of fused-ring (bicyclic) bond motifs is 1. The number of halogens is 1. The molecule has 1 fully saturated rings. The van der Waals surface area contributed by atoms with E-state index in [2.05, 4.69) is 26.0 Å². The highest BCUT2D eigenvalue weighted by Crippen LogP contribution is 2.37. The molecule has 1 aliphatic heterocycles. The average molecular weight is 373 g/mol. The monoisotopic (exact) mass is 372 g/mol. The fourth-order valence-corrected chi connectivity index (χ4v) is 3.21. The number of ether oxygens (including phenoxy) is 1. The van der Waals surface area contributed by atoms with Gasteiger partial charge in [0.05, 0.1) is 10.7 Å². The summed E-state index contributed by atoms with van der Waals surface area (Å²) in [7, 11) is 0. The van der Waals surface area contributed by atoms with Gasteiger partial charge >= 0.3 is 6.09 Å². The number of hydrogen-bond acceptors (Lipinski definition) is 4. The summed E-state index contributed by atoms with van der Waals surface area (Å²) in [5.74, 6) is 0.535. The first-order valence-electron chi connectivity index (χ1n) is 7.12. The van der Waals surface area contributed by atoms with Crippen LogP contribution in [0.15, 0.2) is 53.3 Å². The molecule has 1 atom stereocenters. The first-order valence-corrected chi connectivity index (χ1v) is 7.91. The van der Waals surface area contributed by atoms with Crippen molar-refractivity contribution in [1.29, 1.82) is 0 Å². The molecule has 1 aliphatic rings.